The molecular weight excluding hydrogens is 279 g/mol. The number of hydrogen-bond donors (Lipinski definition) is 1. The Bertz CT molecular complexity index is 367. The highest BCUT2D eigenvalue weighted by molar-refractivity contribution is 9.10. The van der Waals surface area contributed by atoms with E-state index in [0.29, 0.717) is 12.1 Å². The summed E-state index contributed by atoms with van der Waals surface area (Å²) in [4.78, 5) is 10.1. The van der Waals surface area contributed by atoms with Gasteiger partial charge in [-0.15, -0.1) is 13.2 Å². The summed E-state index contributed by atoms with van der Waals surface area (Å²) in [6.45, 7) is 0. The number of carbonyl (C=O) groups is 1. The zero-order valence-corrected chi connectivity index (χ0v) is 8.72. The van der Waals surface area contributed by atoms with Crippen molar-refractivity contribution in [3.05, 3.63) is 22.7 Å². The first-order chi connectivity index (χ1) is 6.92. The third-order valence-electron chi connectivity index (χ3n) is 1.38. The Kier molecular flexibility index (Phi) is 3.57. The zero-order chi connectivity index (χ0) is 11.5. The van der Waals surface area contributed by atoms with Crippen molar-refractivity contribution in [2.75, 3.05) is 5.32 Å². The average molecular weight is 284 g/mol. The molecule has 0 aliphatic rings. The summed E-state index contributed by atoms with van der Waals surface area (Å²) in [5.74, 6) is -0.362. The van der Waals surface area contributed by atoms with Crippen LogP contribution in [0.5, 0.6) is 5.75 Å². The maximum Gasteiger partial charge on any atom is 0.573 e. The molecule has 1 amide bonds. The molecule has 0 spiro atoms. The summed E-state index contributed by atoms with van der Waals surface area (Å²) < 4.78 is 39.4. The molecule has 0 fully saturated rings. The van der Waals surface area contributed by atoms with Gasteiger partial charge in [0.2, 0.25) is 6.41 Å². The lowest BCUT2D eigenvalue weighted by Crippen LogP contribution is -2.17. The molecule has 1 N–H and O–H groups in total. The largest absolute Gasteiger partial charge is 0.573 e. The second-order valence-electron chi connectivity index (χ2n) is 2.46. The first-order valence-electron chi connectivity index (χ1n) is 3.68. The Labute approximate surface area is 91.4 Å². The molecule has 0 saturated carbocycles. The molecule has 0 aliphatic heterocycles. The van der Waals surface area contributed by atoms with Crippen LogP contribution in [0.4, 0.5) is 18.9 Å². The summed E-state index contributed by atoms with van der Waals surface area (Å²) in [5, 5.41) is 2.29. The van der Waals surface area contributed by atoms with E-state index in [9.17, 15) is 18.0 Å². The number of hydrogen-bond acceptors (Lipinski definition) is 2. The van der Waals surface area contributed by atoms with Crippen molar-refractivity contribution >= 4 is 28.0 Å². The number of nitrogens with one attached hydrogen (secondary N) is 1. The van der Waals surface area contributed by atoms with Crippen LogP contribution < -0.4 is 10.1 Å². The zero-order valence-electron chi connectivity index (χ0n) is 7.14. The summed E-state index contributed by atoms with van der Waals surface area (Å²) in [6.07, 6.45) is -4.31. The fraction of sp³-hybridized carbons (Fsp3) is 0.125. The number of benzene rings is 1. The van der Waals surface area contributed by atoms with Crippen LogP contribution in [-0.2, 0) is 4.79 Å². The molecule has 1 rings (SSSR count). The van der Waals surface area contributed by atoms with Gasteiger partial charge in [0.1, 0.15) is 5.75 Å². The molecule has 82 valence electrons. The van der Waals surface area contributed by atoms with E-state index in [4.69, 9.17) is 0 Å². The Morgan fingerprint density at radius 1 is 1.40 bits per heavy atom. The van der Waals surface area contributed by atoms with Gasteiger partial charge in [-0.1, -0.05) is 0 Å². The molecule has 0 radical (unpaired) electrons. The van der Waals surface area contributed by atoms with Gasteiger partial charge in [-0.05, 0) is 34.1 Å². The van der Waals surface area contributed by atoms with E-state index in [0.717, 1.165) is 6.07 Å². The Balaban J connectivity index is 2.88. The number of amides is 1. The van der Waals surface area contributed by atoms with Gasteiger partial charge >= 0.3 is 6.36 Å². The summed E-state index contributed by atoms with van der Waals surface area (Å²) in [6, 6.07) is 3.69. The van der Waals surface area contributed by atoms with Crippen molar-refractivity contribution in [3.63, 3.8) is 0 Å². The maximum absolute atomic E-state index is 11.9. The quantitative estimate of drug-likeness (QED) is 0.867. The van der Waals surface area contributed by atoms with Gasteiger partial charge in [0.25, 0.3) is 0 Å². The molecule has 7 heteroatoms. The van der Waals surface area contributed by atoms with Crippen LogP contribution in [0, 0.1) is 0 Å². The Morgan fingerprint density at radius 3 is 2.53 bits per heavy atom. The highest BCUT2D eigenvalue weighted by atomic mass is 79.9. The number of alkyl halides is 3. The monoisotopic (exact) mass is 283 g/mol. The van der Waals surface area contributed by atoms with Crippen LogP contribution in [-0.4, -0.2) is 12.8 Å². The van der Waals surface area contributed by atoms with Crippen LogP contribution in [0.2, 0.25) is 0 Å². The van der Waals surface area contributed by atoms with Gasteiger partial charge in [0.05, 0.1) is 4.47 Å². The standard InChI is InChI=1S/C8H5BrF3NO2/c9-6-3-5(13-4-14)1-2-7(6)15-8(10,11)12/h1-4H,(H,13,14). The molecule has 3 nitrogen and oxygen atoms in total. The summed E-state index contributed by atoms with van der Waals surface area (Å²) in [7, 11) is 0. The molecular formula is C8H5BrF3NO2. The third kappa shape index (κ3) is 3.78. The van der Waals surface area contributed by atoms with Gasteiger partial charge in [-0.3, -0.25) is 4.79 Å². The molecule has 0 unspecified atom stereocenters. The third-order valence-corrected chi connectivity index (χ3v) is 2.00. The van der Waals surface area contributed by atoms with E-state index in [1.165, 1.54) is 12.1 Å². The smallest absolute Gasteiger partial charge is 0.405 e. The van der Waals surface area contributed by atoms with Crippen LogP contribution in [0.15, 0.2) is 22.7 Å². The van der Waals surface area contributed by atoms with Crippen molar-refractivity contribution in [2.24, 2.45) is 0 Å². The lowest BCUT2D eigenvalue weighted by molar-refractivity contribution is -0.274. The van der Waals surface area contributed by atoms with Crippen LogP contribution >= 0.6 is 15.9 Å². The van der Waals surface area contributed by atoms with Gasteiger partial charge in [0, 0.05) is 5.69 Å². The maximum atomic E-state index is 11.9. The van der Waals surface area contributed by atoms with Gasteiger partial charge in [-0.2, -0.15) is 0 Å². The molecule has 0 atom stereocenters. The van der Waals surface area contributed by atoms with E-state index >= 15 is 0 Å². The van der Waals surface area contributed by atoms with Gasteiger partial charge in [-0.25, -0.2) is 0 Å². The molecule has 0 saturated heterocycles. The SMILES string of the molecule is O=CNc1ccc(OC(F)(F)F)c(Br)c1. The minimum atomic E-state index is -4.73. The number of halogens is 4. The predicted molar refractivity (Wildman–Crippen MR) is 50.5 cm³/mol. The molecule has 0 aromatic heterocycles. The van der Waals surface area contributed by atoms with E-state index in [2.05, 4.69) is 26.0 Å². The average Bonchev–Trinajstić information content (AvgIpc) is 2.08. The fourth-order valence-corrected chi connectivity index (χ4v) is 1.33. The van der Waals surface area contributed by atoms with E-state index in [-0.39, 0.29) is 10.2 Å². The van der Waals surface area contributed by atoms with Crippen molar-refractivity contribution in [2.45, 2.75) is 6.36 Å². The summed E-state index contributed by atoms with van der Waals surface area (Å²) >= 11 is 2.89. The van der Waals surface area contributed by atoms with Gasteiger partial charge < -0.3 is 10.1 Å². The summed E-state index contributed by atoms with van der Waals surface area (Å²) in [5.41, 5.74) is 0.367. The molecule has 15 heavy (non-hydrogen) atoms. The van der Waals surface area contributed by atoms with Crippen molar-refractivity contribution in [1.82, 2.24) is 0 Å². The fourth-order valence-electron chi connectivity index (χ4n) is 0.866. The molecule has 1 aromatic rings. The Hall–Kier alpha value is -1.24. The van der Waals surface area contributed by atoms with Crippen LogP contribution in [0.1, 0.15) is 0 Å². The normalized spacial score (nSPS) is 10.9. The van der Waals surface area contributed by atoms with Crippen LogP contribution in [0.3, 0.4) is 0 Å². The Morgan fingerprint density at radius 2 is 2.07 bits per heavy atom. The first-order valence-corrected chi connectivity index (χ1v) is 4.47. The van der Waals surface area contributed by atoms with Crippen molar-refractivity contribution in [3.8, 4) is 5.75 Å². The number of rotatable bonds is 3. The molecule has 1 aromatic carbocycles. The second kappa shape index (κ2) is 4.52. The topological polar surface area (TPSA) is 38.3 Å². The van der Waals surface area contributed by atoms with E-state index < -0.39 is 6.36 Å². The van der Waals surface area contributed by atoms with Crippen molar-refractivity contribution in [1.29, 1.82) is 0 Å². The number of carbonyl (C=O) groups excluding carboxylic acids is 1. The number of ether oxygens (including phenoxy) is 1. The predicted octanol–water partition coefficient (Wildman–Crippen LogP) is 2.92. The minimum absolute atomic E-state index is 0.103. The highest BCUT2D eigenvalue weighted by Gasteiger charge is 2.31. The van der Waals surface area contributed by atoms with Crippen LogP contribution in [0.25, 0.3) is 0 Å². The lowest BCUT2D eigenvalue weighted by Gasteiger charge is -2.11. The molecule has 0 heterocycles. The second-order valence-corrected chi connectivity index (χ2v) is 3.31. The molecule has 0 bridgehead atoms. The minimum Gasteiger partial charge on any atom is -0.405 e. The van der Waals surface area contributed by atoms with Crippen molar-refractivity contribution < 1.29 is 22.7 Å². The van der Waals surface area contributed by atoms with E-state index in [1.54, 1.807) is 0 Å². The number of anilines is 1. The molecule has 0 aliphatic carbocycles. The van der Waals surface area contributed by atoms with E-state index in [1.807, 2.05) is 0 Å². The highest BCUT2D eigenvalue weighted by Crippen LogP contribution is 2.32. The lowest BCUT2D eigenvalue weighted by atomic mass is 10.3. The first kappa shape index (κ1) is 11.8. The van der Waals surface area contributed by atoms with Gasteiger partial charge in [0.15, 0.2) is 0 Å².